The number of pyridine rings is 1. The SMILES string of the molecule is C(=N\c1c2c(nc3ccccc13)CCCC2)/C1CC1. The third-order valence-electron chi connectivity index (χ3n) is 4.18. The molecule has 1 fully saturated rings. The highest BCUT2D eigenvalue weighted by Gasteiger charge is 2.20. The zero-order chi connectivity index (χ0) is 12.7. The molecule has 0 amide bonds. The van der Waals surface area contributed by atoms with E-state index in [0.29, 0.717) is 0 Å². The Morgan fingerprint density at radius 2 is 1.95 bits per heavy atom. The van der Waals surface area contributed by atoms with E-state index in [9.17, 15) is 0 Å². The third kappa shape index (κ3) is 2.05. The van der Waals surface area contributed by atoms with Crippen LogP contribution in [0, 0.1) is 5.92 Å². The van der Waals surface area contributed by atoms with Crippen LogP contribution >= 0.6 is 0 Å². The zero-order valence-electron chi connectivity index (χ0n) is 11.1. The molecule has 4 rings (SSSR count). The molecule has 2 aromatic rings. The van der Waals surface area contributed by atoms with Gasteiger partial charge in [0, 0.05) is 17.3 Å². The molecule has 1 aromatic carbocycles. The maximum absolute atomic E-state index is 4.85. The van der Waals surface area contributed by atoms with Crippen molar-refractivity contribution in [3.05, 3.63) is 35.5 Å². The predicted molar refractivity (Wildman–Crippen MR) is 79.3 cm³/mol. The van der Waals surface area contributed by atoms with Gasteiger partial charge in [0.25, 0.3) is 0 Å². The first kappa shape index (κ1) is 11.2. The summed E-state index contributed by atoms with van der Waals surface area (Å²) in [5.74, 6) is 0.728. The van der Waals surface area contributed by atoms with E-state index in [0.717, 1.165) is 24.3 Å². The number of para-hydroxylation sites is 1. The summed E-state index contributed by atoms with van der Waals surface area (Å²) >= 11 is 0. The minimum atomic E-state index is 0.728. The van der Waals surface area contributed by atoms with E-state index in [4.69, 9.17) is 9.98 Å². The smallest absolute Gasteiger partial charge is 0.0769 e. The van der Waals surface area contributed by atoms with Crippen molar-refractivity contribution < 1.29 is 0 Å². The molecule has 0 spiro atoms. The van der Waals surface area contributed by atoms with Gasteiger partial charge in [-0.3, -0.25) is 9.98 Å². The van der Waals surface area contributed by atoms with Crippen LogP contribution in [0.15, 0.2) is 29.3 Å². The van der Waals surface area contributed by atoms with E-state index in [1.807, 2.05) is 0 Å². The lowest BCUT2D eigenvalue weighted by Crippen LogP contribution is -2.06. The first-order valence-electron chi connectivity index (χ1n) is 7.36. The summed E-state index contributed by atoms with van der Waals surface area (Å²) < 4.78 is 0. The lowest BCUT2D eigenvalue weighted by molar-refractivity contribution is 0.672. The van der Waals surface area contributed by atoms with Gasteiger partial charge in [0.15, 0.2) is 0 Å². The molecular weight excluding hydrogens is 232 g/mol. The highest BCUT2D eigenvalue weighted by Crippen LogP contribution is 2.36. The molecule has 2 heteroatoms. The average molecular weight is 250 g/mol. The molecule has 0 saturated heterocycles. The number of aromatic nitrogens is 1. The molecule has 2 nitrogen and oxygen atoms in total. The van der Waals surface area contributed by atoms with Crippen LogP contribution in [0.3, 0.4) is 0 Å². The topological polar surface area (TPSA) is 25.2 Å². The van der Waals surface area contributed by atoms with Crippen LogP contribution in [0.4, 0.5) is 5.69 Å². The standard InChI is InChI=1S/C17H18N2/c1-3-7-15-13(5-1)17(18-11-12-9-10-12)14-6-2-4-8-16(14)19-15/h1,3,5,7,11-12H,2,4,6,8-10H2/b18-11+. The first-order valence-corrected chi connectivity index (χ1v) is 7.36. The number of fused-ring (bicyclic) bond motifs is 2. The van der Waals surface area contributed by atoms with Gasteiger partial charge < -0.3 is 0 Å². The lowest BCUT2D eigenvalue weighted by Gasteiger charge is -2.18. The van der Waals surface area contributed by atoms with Gasteiger partial charge in [-0.15, -0.1) is 0 Å². The Bertz CT molecular complexity index is 654. The van der Waals surface area contributed by atoms with Crippen molar-refractivity contribution in [1.29, 1.82) is 0 Å². The van der Waals surface area contributed by atoms with E-state index in [1.165, 1.54) is 48.0 Å². The minimum Gasteiger partial charge on any atom is -0.260 e. The van der Waals surface area contributed by atoms with Crippen LogP contribution < -0.4 is 0 Å². The fraction of sp³-hybridized carbons (Fsp3) is 0.412. The Hall–Kier alpha value is -1.70. The molecule has 0 aliphatic heterocycles. The van der Waals surface area contributed by atoms with Crippen LogP contribution in [-0.4, -0.2) is 11.2 Å². The summed E-state index contributed by atoms with van der Waals surface area (Å²) in [6.07, 6.45) is 9.60. The molecule has 0 radical (unpaired) electrons. The van der Waals surface area contributed by atoms with E-state index in [-0.39, 0.29) is 0 Å². The fourth-order valence-corrected chi connectivity index (χ4v) is 2.92. The summed E-state index contributed by atoms with van der Waals surface area (Å²) in [7, 11) is 0. The van der Waals surface area contributed by atoms with Gasteiger partial charge in [-0.2, -0.15) is 0 Å². The second kappa shape index (κ2) is 4.44. The Kier molecular flexibility index (Phi) is 2.61. The number of hydrogen-bond donors (Lipinski definition) is 0. The molecule has 0 N–H and O–H groups in total. The molecule has 2 aliphatic rings. The van der Waals surface area contributed by atoms with Crippen molar-refractivity contribution in [2.75, 3.05) is 0 Å². The quantitative estimate of drug-likeness (QED) is 0.732. The molecule has 0 atom stereocenters. The minimum absolute atomic E-state index is 0.728. The predicted octanol–water partition coefficient (Wildman–Crippen LogP) is 4.23. The maximum Gasteiger partial charge on any atom is 0.0769 e. The average Bonchev–Trinajstić information content (AvgIpc) is 3.27. The highest BCUT2D eigenvalue weighted by atomic mass is 14.8. The van der Waals surface area contributed by atoms with Crippen molar-refractivity contribution in [1.82, 2.24) is 4.98 Å². The highest BCUT2D eigenvalue weighted by molar-refractivity contribution is 5.93. The summed E-state index contributed by atoms with van der Waals surface area (Å²) in [6, 6.07) is 8.44. The van der Waals surface area contributed by atoms with Crippen molar-refractivity contribution in [3.63, 3.8) is 0 Å². The van der Waals surface area contributed by atoms with Gasteiger partial charge >= 0.3 is 0 Å². The van der Waals surface area contributed by atoms with Crippen LogP contribution in [0.5, 0.6) is 0 Å². The van der Waals surface area contributed by atoms with Gasteiger partial charge in [-0.25, -0.2) is 0 Å². The van der Waals surface area contributed by atoms with E-state index in [1.54, 1.807) is 0 Å². The largest absolute Gasteiger partial charge is 0.260 e. The first-order chi connectivity index (χ1) is 9.42. The van der Waals surface area contributed by atoms with Gasteiger partial charge in [0.05, 0.1) is 11.2 Å². The van der Waals surface area contributed by atoms with Crippen molar-refractivity contribution >= 4 is 22.8 Å². The van der Waals surface area contributed by atoms with Gasteiger partial charge in [0.1, 0.15) is 0 Å². The normalized spacial score (nSPS) is 18.9. The van der Waals surface area contributed by atoms with E-state index >= 15 is 0 Å². The Morgan fingerprint density at radius 3 is 2.84 bits per heavy atom. The molecule has 0 unspecified atom stereocenters. The van der Waals surface area contributed by atoms with Crippen LogP contribution in [0.1, 0.15) is 36.9 Å². The summed E-state index contributed by atoms with van der Waals surface area (Å²) in [5, 5.41) is 1.22. The van der Waals surface area contributed by atoms with Crippen molar-refractivity contribution in [3.8, 4) is 0 Å². The number of nitrogens with zero attached hydrogens (tertiary/aromatic N) is 2. The van der Waals surface area contributed by atoms with Crippen LogP contribution in [0.2, 0.25) is 0 Å². The molecule has 0 bridgehead atoms. The lowest BCUT2D eigenvalue weighted by atomic mass is 9.93. The van der Waals surface area contributed by atoms with Gasteiger partial charge in [-0.1, -0.05) is 18.2 Å². The Labute approximate surface area is 113 Å². The van der Waals surface area contributed by atoms with Gasteiger partial charge in [0.2, 0.25) is 0 Å². The second-order valence-electron chi connectivity index (χ2n) is 5.73. The number of aryl methyl sites for hydroxylation is 1. The molecule has 19 heavy (non-hydrogen) atoms. The van der Waals surface area contributed by atoms with E-state index < -0.39 is 0 Å². The monoisotopic (exact) mass is 250 g/mol. The summed E-state index contributed by atoms with van der Waals surface area (Å²) in [6.45, 7) is 0. The van der Waals surface area contributed by atoms with Crippen LogP contribution in [0.25, 0.3) is 10.9 Å². The molecular formula is C17H18N2. The Morgan fingerprint density at radius 1 is 1.11 bits per heavy atom. The van der Waals surface area contributed by atoms with Gasteiger partial charge in [-0.05, 0) is 56.1 Å². The maximum atomic E-state index is 4.85. The number of aliphatic imine (C=N–C) groups is 1. The Balaban J connectivity index is 1.94. The summed E-state index contributed by atoms with van der Waals surface area (Å²) in [5.41, 5.74) is 4.99. The fourth-order valence-electron chi connectivity index (χ4n) is 2.92. The van der Waals surface area contributed by atoms with Crippen molar-refractivity contribution in [2.45, 2.75) is 38.5 Å². The van der Waals surface area contributed by atoms with Crippen molar-refractivity contribution in [2.24, 2.45) is 10.9 Å². The molecule has 1 saturated carbocycles. The molecule has 1 aromatic heterocycles. The van der Waals surface area contributed by atoms with E-state index in [2.05, 4.69) is 30.5 Å². The summed E-state index contributed by atoms with van der Waals surface area (Å²) in [4.78, 5) is 9.69. The zero-order valence-corrected chi connectivity index (χ0v) is 11.1. The molecule has 1 heterocycles. The third-order valence-corrected chi connectivity index (χ3v) is 4.18. The number of rotatable bonds is 2. The molecule has 2 aliphatic carbocycles. The molecule has 96 valence electrons. The van der Waals surface area contributed by atoms with Crippen LogP contribution in [-0.2, 0) is 12.8 Å². The number of benzene rings is 1. The second-order valence-corrected chi connectivity index (χ2v) is 5.73. The number of hydrogen-bond acceptors (Lipinski definition) is 2.